The van der Waals surface area contributed by atoms with Crippen LogP contribution in [0.1, 0.15) is 28.1 Å². The standard InChI is InChI=1S/C18H24N4O3S/c1-12-14-16(19-11-20(2)17(14)23)26-15(12)18(24)22-7-5-21(6-8-22)10-13-4-3-9-25-13/h11,13H,3-10H2,1-2H3. The summed E-state index contributed by atoms with van der Waals surface area (Å²) in [6.45, 7) is 6.86. The van der Waals surface area contributed by atoms with E-state index in [1.54, 1.807) is 7.05 Å². The van der Waals surface area contributed by atoms with Gasteiger partial charge in [0.25, 0.3) is 11.5 Å². The van der Waals surface area contributed by atoms with Crippen molar-refractivity contribution in [3.05, 3.63) is 27.1 Å². The van der Waals surface area contributed by atoms with Gasteiger partial charge in [0.05, 0.1) is 22.7 Å². The second kappa shape index (κ2) is 7.09. The van der Waals surface area contributed by atoms with E-state index in [1.165, 1.54) is 22.2 Å². The van der Waals surface area contributed by atoms with Crippen molar-refractivity contribution in [1.82, 2.24) is 19.4 Å². The van der Waals surface area contributed by atoms with E-state index in [0.29, 0.717) is 34.3 Å². The van der Waals surface area contributed by atoms with Crippen LogP contribution in [0.5, 0.6) is 0 Å². The van der Waals surface area contributed by atoms with E-state index >= 15 is 0 Å². The van der Waals surface area contributed by atoms with Gasteiger partial charge in [0.15, 0.2) is 0 Å². The minimum absolute atomic E-state index is 0.0179. The van der Waals surface area contributed by atoms with Crippen LogP contribution in [0.2, 0.25) is 0 Å². The number of fused-ring (bicyclic) bond motifs is 1. The molecule has 0 spiro atoms. The number of aryl methyl sites for hydroxylation is 2. The van der Waals surface area contributed by atoms with Crippen molar-refractivity contribution >= 4 is 27.5 Å². The van der Waals surface area contributed by atoms with Crippen molar-refractivity contribution in [3.8, 4) is 0 Å². The van der Waals surface area contributed by atoms with E-state index < -0.39 is 0 Å². The Morgan fingerprint density at radius 2 is 2.12 bits per heavy atom. The first-order chi connectivity index (χ1) is 12.5. The highest BCUT2D eigenvalue weighted by Gasteiger charge is 2.28. The Hall–Kier alpha value is -1.77. The quantitative estimate of drug-likeness (QED) is 0.806. The molecule has 0 aliphatic carbocycles. The molecule has 2 aromatic rings. The summed E-state index contributed by atoms with van der Waals surface area (Å²) in [5.41, 5.74) is 0.662. The van der Waals surface area contributed by atoms with Gasteiger partial charge in [-0.15, -0.1) is 11.3 Å². The van der Waals surface area contributed by atoms with Crippen LogP contribution >= 0.6 is 11.3 Å². The fraction of sp³-hybridized carbons (Fsp3) is 0.611. The fourth-order valence-electron chi connectivity index (χ4n) is 3.77. The van der Waals surface area contributed by atoms with Crippen molar-refractivity contribution in [2.24, 2.45) is 7.05 Å². The Balaban J connectivity index is 1.47. The molecule has 8 heteroatoms. The summed E-state index contributed by atoms with van der Waals surface area (Å²) in [5.74, 6) is 0.0179. The topological polar surface area (TPSA) is 67.7 Å². The Morgan fingerprint density at radius 1 is 1.35 bits per heavy atom. The smallest absolute Gasteiger partial charge is 0.264 e. The summed E-state index contributed by atoms with van der Waals surface area (Å²) in [4.78, 5) is 35.2. The first-order valence-corrected chi connectivity index (χ1v) is 9.94. The third-order valence-electron chi connectivity index (χ3n) is 5.35. The molecule has 2 fully saturated rings. The lowest BCUT2D eigenvalue weighted by atomic mass is 10.2. The second-order valence-electron chi connectivity index (χ2n) is 7.12. The number of piperazine rings is 1. The average molecular weight is 376 g/mol. The van der Waals surface area contributed by atoms with E-state index in [0.717, 1.165) is 44.6 Å². The molecule has 7 nitrogen and oxygen atoms in total. The zero-order valence-electron chi connectivity index (χ0n) is 15.2. The minimum Gasteiger partial charge on any atom is -0.377 e. The molecule has 0 N–H and O–H groups in total. The first-order valence-electron chi connectivity index (χ1n) is 9.12. The lowest BCUT2D eigenvalue weighted by Gasteiger charge is -2.35. The van der Waals surface area contributed by atoms with E-state index in [-0.39, 0.29) is 11.5 Å². The highest BCUT2D eigenvalue weighted by Crippen LogP contribution is 2.28. The number of aromatic nitrogens is 2. The largest absolute Gasteiger partial charge is 0.377 e. The van der Waals surface area contributed by atoms with Crippen LogP contribution in [-0.4, -0.2) is 70.7 Å². The minimum atomic E-state index is -0.0933. The van der Waals surface area contributed by atoms with Crippen LogP contribution in [0.25, 0.3) is 10.2 Å². The zero-order valence-corrected chi connectivity index (χ0v) is 16.0. The van der Waals surface area contributed by atoms with Gasteiger partial charge in [-0.3, -0.25) is 14.5 Å². The van der Waals surface area contributed by atoms with Crippen LogP contribution in [-0.2, 0) is 11.8 Å². The number of hydrogen-bond donors (Lipinski definition) is 0. The molecule has 140 valence electrons. The lowest BCUT2D eigenvalue weighted by Crippen LogP contribution is -2.50. The van der Waals surface area contributed by atoms with E-state index in [9.17, 15) is 9.59 Å². The molecule has 2 aliphatic heterocycles. The Labute approximate surface area is 156 Å². The number of amides is 1. The first kappa shape index (κ1) is 17.6. The zero-order chi connectivity index (χ0) is 18.3. The van der Waals surface area contributed by atoms with Gasteiger partial charge in [-0.05, 0) is 25.3 Å². The van der Waals surface area contributed by atoms with Gasteiger partial charge in [-0.25, -0.2) is 4.98 Å². The van der Waals surface area contributed by atoms with E-state index in [2.05, 4.69) is 9.88 Å². The molecule has 0 radical (unpaired) electrons. The van der Waals surface area contributed by atoms with E-state index in [4.69, 9.17) is 4.74 Å². The number of nitrogens with zero attached hydrogens (tertiary/aromatic N) is 4. The van der Waals surface area contributed by atoms with Gasteiger partial charge in [-0.2, -0.15) is 0 Å². The van der Waals surface area contributed by atoms with Crippen molar-refractivity contribution in [2.75, 3.05) is 39.3 Å². The number of thiophene rings is 1. The number of carbonyl (C=O) groups excluding carboxylic acids is 1. The van der Waals surface area contributed by atoms with Crippen LogP contribution in [0.15, 0.2) is 11.1 Å². The fourth-order valence-corrected chi connectivity index (χ4v) is 4.87. The molecule has 26 heavy (non-hydrogen) atoms. The predicted octanol–water partition coefficient (Wildman–Crippen LogP) is 1.24. The van der Waals surface area contributed by atoms with Gasteiger partial charge in [0, 0.05) is 46.4 Å². The van der Waals surface area contributed by atoms with Gasteiger partial charge < -0.3 is 14.2 Å². The molecular formula is C18H24N4O3S. The van der Waals surface area contributed by atoms with Crippen LogP contribution in [0, 0.1) is 6.92 Å². The highest BCUT2D eigenvalue weighted by molar-refractivity contribution is 7.20. The number of rotatable bonds is 3. The number of carbonyl (C=O) groups is 1. The monoisotopic (exact) mass is 376 g/mol. The summed E-state index contributed by atoms with van der Waals surface area (Å²) >= 11 is 1.33. The number of hydrogen-bond acceptors (Lipinski definition) is 6. The molecule has 0 aromatic carbocycles. The van der Waals surface area contributed by atoms with Crippen LogP contribution < -0.4 is 5.56 Å². The third kappa shape index (κ3) is 3.17. The van der Waals surface area contributed by atoms with Gasteiger partial charge in [-0.1, -0.05) is 0 Å². The van der Waals surface area contributed by atoms with Crippen molar-refractivity contribution in [3.63, 3.8) is 0 Å². The van der Waals surface area contributed by atoms with Gasteiger partial charge in [0.2, 0.25) is 0 Å². The maximum atomic E-state index is 13.0. The molecule has 2 saturated heterocycles. The van der Waals surface area contributed by atoms with Crippen LogP contribution in [0.3, 0.4) is 0 Å². The normalized spacial score (nSPS) is 21.6. The van der Waals surface area contributed by atoms with Crippen molar-refractivity contribution in [2.45, 2.75) is 25.9 Å². The highest BCUT2D eigenvalue weighted by atomic mass is 32.1. The van der Waals surface area contributed by atoms with Crippen molar-refractivity contribution < 1.29 is 9.53 Å². The molecule has 1 amide bonds. The molecular weight excluding hydrogens is 352 g/mol. The lowest BCUT2D eigenvalue weighted by molar-refractivity contribution is 0.0435. The maximum absolute atomic E-state index is 13.0. The van der Waals surface area contributed by atoms with Crippen molar-refractivity contribution in [1.29, 1.82) is 0 Å². The molecule has 0 bridgehead atoms. The SMILES string of the molecule is Cc1c(C(=O)N2CCN(CC3CCCO3)CC2)sc2ncn(C)c(=O)c12. The molecule has 2 aromatic heterocycles. The molecule has 2 aliphatic rings. The summed E-state index contributed by atoms with van der Waals surface area (Å²) < 4.78 is 7.17. The molecule has 0 saturated carbocycles. The predicted molar refractivity (Wildman–Crippen MR) is 101 cm³/mol. The van der Waals surface area contributed by atoms with Gasteiger partial charge >= 0.3 is 0 Å². The Bertz CT molecular complexity index is 876. The van der Waals surface area contributed by atoms with E-state index in [1.807, 2.05) is 11.8 Å². The molecule has 1 atom stereocenters. The Kier molecular flexibility index (Phi) is 4.81. The van der Waals surface area contributed by atoms with Crippen LogP contribution in [0.4, 0.5) is 0 Å². The third-order valence-corrected chi connectivity index (χ3v) is 6.54. The summed E-state index contributed by atoms with van der Waals surface area (Å²) in [5, 5.41) is 0.570. The molecule has 1 unspecified atom stereocenters. The molecule has 4 rings (SSSR count). The summed E-state index contributed by atoms with van der Waals surface area (Å²) in [6, 6.07) is 0. The Morgan fingerprint density at radius 3 is 2.81 bits per heavy atom. The maximum Gasteiger partial charge on any atom is 0.264 e. The molecule has 4 heterocycles. The summed E-state index contributed by atoms with van der Waals surface area (Å²) in [6.07, 6.45) is 4.16. The summed E-state index contributed by atoms with van der Waals surface area (Å²) in [7, 11) is 1.68. The number of ether oxygens (including phenoxy) is 1. The van der Waals surface area contributed by atoms with Gasteiger partial charge in [0.1, 0.15) is 4.83 Å². The average Bonchev–Trinajstić information content (AvgIpc) is 3.26. The second-order valence-corrected chi connectivity index (χ2v) is 8.12.